The molecule has 0 bridgehead atoms. The number of nitrogens with two attached hydrogens (primary N) is 1. The molecule has 1 saturated carbocycles. The van der Waals surface area contributed by atoms with Gasteiger partial charge in [-0.3, -0.25) is 0 Å². The fraction of sp³-hybridized carbons (Fsp3) is 0.500. The summed E-state index contributed by atoms with van der Waals surface area (Å²) >= 11 is 0. The quantitative estimate of drug-likeness (QED) is 0.767. The Morgan fingerprint density at radius 1 is 1.29 bits per heavy atom. The molecular weight excluding hydrogens is 177 g/mol. The Morgan fingerprint density at radius 3 is 2.43 bits per heavy atom. The molecule has 2 heteroatoms. The van der Waals surface area contributed by atoms with Gasteiger partial charge in [0.15, 0.2) is 0 Å². The van der Waals surface area contributed by atoms with Crippen LogP contribution in [-0.4, -0.2) is 0 Å². The van der Waals surface area contributed by atoms with Gasteiger partial charge in [0, 0.05) is 5.54 Å². The predicted molar refractivity (Wildman–Crippen MR) is 55.6 cm³/mol. The molecule has 0 aliphatic heterocycles. The first-order chi connectivity index (χ1) is 6.51. The number of halogens is 1. The van der Waals surface area contributed by atoms with Crippen molar-refractivity contribution >= 4 is 0 Å². The van der Waals surface area contributed by atoms with Gasteiger partial charge >= 0.3 is 0 Å². The maximum absolute atomic E-state index is 13.3. The molecule has 2 N–H and O–H groups in total. The molecule has 1 aromatic carbocycles. The van der Waals surface area contributed by atoms with E-state index in [2.05, 4.69) is 13.8 Å². The molecule has 0 radical (unpaired) electrons. The van der Waals surface area contributed by atoms with Crippen LogP contribution < -0.4 is 5.73 Å². The monoisotopic (exact) mass is 193 g/mol. The summed E-state index contributed by atoms with van der Waals surface area (Å²) in [5.74, 6) is 0.190. The molecule has 0 spiro atoms. The van der Waals surface area contributed by atoms with Crippen LogP contribution in [0.5, 0.6) is 0 Å². The van der Waals surface area contributed by atoms with Gasteiger partial charge in [0.1, 0.15) is 5.82 Å². The lowest BCUT2D eigenvalue weighted by Crippen LogP contribution is -2.19. The lowest BCUT2D eigenvalue weighted by Gasteiger charge is -2.13. The molecule has 14 heavy (non-hydrogen) atoms. The van der Waals surface area contributed by atoms with Gasteiger partial charge in [0.25, 0.3) is 0 Å². The predicted octanol–water partition coefficient (Wildman–Crippen LogP) is 2.90. The molecule has 76 valence electrons. The van der Waals surface area contributed by atoms with Crippen molar-refractivity contribution in [1.29, 1.82) is 0 Å². The minimum Gasteiger partial charge on any atom is -0.321 e. The van der Waals surface area contributed by atoms with Gasteiger partial charge in [0.2, 0.25) is 0 Å². The average molecular weight is 193 g/mol. The molecule has 1 aromatic rings. The molecule has 0 unspecified atom stereocenters. The summed E-state index contributed by atoms with van der Waals surface area (Å²) in [6.45, 7) is 4.13. The lowest BCUT2D eigenvalue weighted by molar-refractivity contribution is 0.613. The molecule has 1 aliphatic carbocycles. The van der Waals surface area contributed by atoms with E-state index in [-0.39, 0.29) is 11.4 Å². The SMILES string of the molecule is CC(C)c1cc(F)cc(C2(N)CC2)c1. The van der Waals surface area contributed by atoms with Gasteiger partial charge in [-0.2, -0.15) is 0 Å². The van der Waals surface area contributed by atoms with Gasteiger partial charge in [-0.1, -0.05) is 19.9 Å². The van der Waals surface area contributed by atoms with Gasteiger partial charge in [0.05, 0.1) is 0 Å². The van der Waals surface area contributed by atoms with Crippen molar-refractivity contribution in [3.63, 3.8) is 0 Å². The molecule has 0 aromatic heterocycles. The van der Waals surface area contributed by atoms with Crippen LogP contribution >= 0.6 is 0 Å². The minimum absolute atomic E-state index is 0.164. The molecular formula is C12H16FN. The van der Waals surface area contributed by atoms with Crippen molar-refractivity contribution in [2.24, 2.45) is 5.73 Å². The van der Waals surface area contributed by atoms with Crippen LogP contribution in [0.25, 0.3) is 0 Å². The first-order valence-corrected chi connectivity index (χ1v) is 5.11. The van der Waals surface area contributed by atoms with Gasteiger partial charge in [-0.25, -0.2) is 4.39 Å². The third-order valence-electron chi connectivity index (χ3n) is 2.95. The zero-order chi connectivity index (χ0) is 10.3. The normalized spacial score (nSPS) is 18.6. The lowest BCUT2D eigenvalue weighted by atomic mass is 9.97. The van der Waals surface area contributed by atoms with E-state index >= 15 is 0 Å². The van der Waals surface area contributed by atoms with Crippen LogP contribution in [0.1, 0.15) is 43.7 Å². The van der Waals surface area contributed by atoms with Crippen molar-refractivity contribution in [3.8, 4) is 0 Å². The molecule has 0 atom stereocenters. The molecule has 1 aliphatic rings. The average Bonchev–Trinajstić information content (AvgIpc) is 2.84. The van der Waals surface area contributed by atoms with Crippen molar-refractivity contribution in [1.82, 2.24) is 0 Å². The highest BCUT2D eigenvalue weighted by atomic mass is 19.1. The third-order valence-corrected chi connectivity index (χ3v) is 2.95. The smallest absolute Gasteiger partial charge is 0.123 e. The van der Waals surface area contributed by atoms with Gasteiger partial charge in [-0.15, -0.1) is 0 Å². The van der Waals surface area contributed by atoms with Gasteiger partial charge < -0.3 is 5.73 Å². The van der Waals surface area contributed by atoms with Crippen LogP contribution in [0.2, 0.25) is 0 Å². The number of rotatable bonds is 2. The molecule has 0 heterocycles. The Kier molecular flexibility index (Phi) is 2.11. The second kappa shape index (κ2) is 3.06. The maximum Gasteiger partial charge on any atom is 0.123 e. The Balaban J connectivity index is 2.42. The van der Waals surface area contributed by atoms with Gasteiger partial charge in [-0.05, 0) is 42.0 Å². The summed E-state index contributed by atoms with van der Waals surface area (Å²) in [5, 5.41) is 0. The largest absolute Gasteiger partial charge is 0.321 e. The number of hydrogen-bond donors (Lipinski definition) is 1. The van der Waals surface area contributed by atoms with Crippen molar-refractivity contribution in [2.45, 2.75) is 38.1 Å². The molecule has 1 fully saturated rings. The fourth-order valence-electron chi connectivity index (χ4n) is 1.66. The van der Waals surface area contributed by atoms with Crippen LogP contribution in [0.4, 0.5) is 4.39 Å². The summed E-state index contributed by atoms with van der Waals surface area (Å²) in [6, 6.07) is 5.21. The Bertz CT molecular complexity index is 353. The highest BCUT2D eigenvalue weighted by Gasteiger charge is 2.40. The van der Waals surface area contributed by atoms with Crippen LogP contribution in [0, 0.1) is 5.82 Å². The van der Waals surface area contributed by atoms with E-state index in [4.69, 9.17) is 5.73 Å². The molecule has 1 nitrogen and oxygen atoms in total. The summed E-state index contributed by atoms with van der Waals surface area (Å²) in [6.07, 6.45) is 1.96. The second-order valence-electron chi connectivity index (χ2n) is 4.58. The number of hydrogen-bond acceptors (Lipinski definition) is 1. The Morgan fingerprint density at radius 2 is 1.93 bits per heavy atom. The fourth-order valence-corrected chi connectivity index (χ4v) is 1.66. The highest BCUT2D eigenvalue weighted by molar-refractivity contribution is 5.35. The molecule has 0 amide bonds. The zero-order valence-electron chi connectivity index (χ0n) is 8.68. The van der Waals surface area contributed by atoms with E-state index in [1.165, 1.54) is 0 Å². The van der Waals surface area contributed by atoms with E-state index in [0.29, 0.717) is 5.92 Å². The van der Waals surface area contributed by atoms with E-state index < -0.39 is 0 Å². The molecule has 2 rings (SSSR count). The topological polar surface area (TPSA) is 26.0 Å². The van der Waals surface area contributed by atoms with E-state index in [1.54, 1.807) is 12.1 Å². The van der Waals surface area contributed by atoms with Crippen LogP contribution in [0.3, 0.4) is 0 Å². The summed E-state index contributed by atoms with van der Waals surface area (Å²) < 4.78 is 13.3. The minimum atomic E-state index is -0.230. The third kappa shape index (κ3) is 1.67. The number of benzene rings is 1. The molecule has 0 saturated heterocycles. The first kappa shape index (κ1) is 9.66. The van der Waals surface area contributed by atoms with E-state index in [1.807, 2.05) is 6.07 Å². The first-order valence-electron chi connectivity index (χ1n) is 5.11. The van der Waals surface area contributed by atoms with E-state index in [9.17, 15) is 4.39 Å². The zero-order valence-corrected chi connectivity index (χ0v) is 8.68. The summed E-state index contributed by atoms with van der Waals surface area (Å²) in [5.41, 5.74) is 7.81. The second-order valence-corrected chi connectivity index (χ2v) is 4.58. The Labute approximate surface area is 84.1 Å². The van der Waals surface area contributed by atoms with Crippen molar-refractivity contribution in [3.05, 3.63) is 35.1 Å². The maximum atomic E-state index is 13.3. The summed E-state index contributed by atoms with van der Waals surface area (Å²) in [7, 11) is 0. The van der Waals surface area contributed by atoms with Crippen molar-refractivity contribution in [2.75, 3.05) is 0 Å². The Hall–Kier alpha value is -0.890. The van der Waals surface area contributed by atoms with Crippen molar-refractivity contribution < 1.29 is 4.39 Å². The summed E-state index contributed by atoms with van der Waals surface area (Å²) in [4.78, 5) is 0. The van der Waals surface area contributed by atoms with Crippen LogP contribution in [0.15, 0.2) is 18.2 Å². The standard InChI is InChI=1S/C12H16FN/c1-8(2)9-5-10(7-11(13)6-9)12(14)3-4-12/h5-8H,3-4,14H2,1-2H3. The van der Waals surface area contributed by atoms with Crippen LogP contribution in [-0.2, 0) is 5.54 Å². The van der Waals surface area contributed by atoms with E-state index in [0.717, 1.165) is 24.0 Å². The highest BCUT2D eigenvalue weighted by Crippen LogP contribution is 2.43.